The van der Waals surface area contributed by atoms with Crippen molar-refractivity contribution in [2.45, 2.75) is 0 Å². The van der Waals surface area contributed by atoms with Gasteiger partial charge >= 0.3 is 5.97 Å². The van der Waals surface area contributed by atoms with Gasteiger partial charge in [0.15, 0.2) is 0 Å². The molecule has 0 aliphatic rings. The first-order valence-electron chi connectivity index (χ1n) is 6.36. The van der Waals surface area contributed by atoms with E-state index in [0.717, 1.165) is 5.56 Å². The molecule has 0 N–H and O–H groups in total. The van der Waals surface area contributed by atoms with Crippen molar-refractivity contribution in [2.24, 2.45) is 0 Å². The second-order valence-electron chi connectivity index (χ2n) is 4.33. The molecular weight excluding hydrogens is 268 g/mol. The van der Waals surface area contributed by atoms with Crippen LogP contribution in [-0.4, -0.2) is 23.2 Å². The predicted octanol–water partition coefficient (Wildman–Crippen LogP) is 3.19. The Bertz CT molecular complexity index is 766. The SMILES string of the molecule is COC(=O)c1ccccc1-c1noc(-c2ccccc2)n1. The van der Waals surface area contributed by atoms with Crippen molar-refractivity contribution in [2.75, 3.05) is 7.11 Å². The number of esters is 1. The Hall–Kier alpha value is -2.95. The minimum absolute atomic E-state index is 0.356. The topological polar surface area (TPSA) is 65.2 Å². The van der Waals surface area contributed by atoms with Crippen molar-refractivity contribution < 1.29 is 14.1 Å². The third kappa shape index (κ3) is 2.53. The highest BCUT2D eigenvalue weighted by atomic mass is 16.5. The predicted molar refractivity (Wildman–Crippen MR) is 76.5 cm³/mol. The van der Waals surface area contributed by atoms with Crippen LogP contribution in [0.2, 0.25) is 0 Å². The fourth-order valence-corrected chi connectivity index (χ4v) is 2.00. The maximum absolute atomic E-state index is 11.8. The second-order valence-corrected chi connectivity index (χ2v) is 4.33. The highest BCUT2D eigenvalue weighted by Gasteiger charge is 2.17. The molecule has 3 aromatic rings. The van der Waals surface area contributed by atoms with Gasteiger partial charge in [-0.3, -0.25) is 0 Å². The lowest BCUT2D eigenvalue weighted by atomic mass is 10.1. The Morgan fingerprint density at radius 1 is 1.05 bits per heavy atom. The highest BCUT2D eigenvalue weighted by molar-refractivity contribution is 5.96. The Kier molecular flexibility index (Phi) is 3.47. The summed E-state index contributed by atoms with van der Waals surface area (Å²) in [6.07, 6.45) is 0. The Morgan fingerprint density at radius 2 is 1.76 bits per heavy atom. The Balaban J connectivity index is 2.03. The number of hydrogen-bond donors (Lipinski definition) is 0. The summed E-state index contributed by atoms with van der Waals surface area (Å²) in [5.41, 5.74) is 1.81. The van der Waals surface area contributed by atoms with Crippen molar-refractivity contribution in [3.05, 3.63) is 60.2 Å². The molecule has 0 amide bonds. The van der Waals surface area contributed by atoms with E-state index < -0.39 is 5.97 Å². The number of carbonyl (C=O) groups is 1. The number of aromatic nitrogens is 2. The molecule has 0 radical (unpaired) electrons. The average Bonchev–Trinajstić information content (AvgIpc) is 3.05. The summed E-state index contributed by atoms with van der Waals surface area (Å²) in [6.45, 7) is 0. The average molecular weight is 280 g/mol. The van der Waals surface area contributed by atoms with Crippen LogP contribution in [0.25, 0.3) is 22.8 Å². The molecule has 0 spiro atoms. The van der Waals surface area contributed by atoms with Gasteiger partial charge in [0.2, 0.25) is 5.82 Å². The molecule has 1 aromatic heterocycles. The first-order valence-corrected chi connectivity index (χ1v) is 6.36. The minimum Gasteiger partial charge on any atom is -0.465 e. The molecule has 0 atom stereocenters. The highest BCUT2D eigenvalue weighted by Crippen LogP contribution is 2.25. The van der Waals surface area contributed by atoms with Crippen LogP contribution in [0.15, 0.2) is 59.1 Å². The van der Waals surface area contributed by atoms with Gasteiger partial charge in [-0.25, -0.2) is 4.79 Å². The number of benzene rings is 2. The van der Waals surface area contributed by atoms with E-state index in [1.165, 1.54) is 7.11 Å². The van der Waals surface area contributed by atoms with Gasteiger partial charge in [-0.1, -0.05) is 41.6 Å². The van der Waals surface area contributed by atoms with E-state index in [0.29, 0.717) is 22.8 Å². The molecule has 1 heterocycles. The van der Waals surface area contributed by atoms with Crippen LogP contribution in [-0.2, 0) is 4.74 Å². The van der Waals surface area contributed by atoms with E-state index in [2.05, 4.69) is 10.1 Å². The lowest BCUT2D eigenvalue weighted by Crippen LogP contribution is -2.03. The monoisotopic (exact) mass is 280 g/mol. The van der Waals surface area contributed by atoms with E-state index >= 15 is 0 Å². The lowest BCUT2D eigenvalue weighted by molar-refractivity contribution is 0.0601. The van der Waals surface area contributed by atoms with E-state index in [9.17, 15) is 4.79 Å². The number of rotatable bonds is 3. The molecule has 0 aliphatic heterocycles. The molecule has 0 aliphatic carbocycles. The van der Waals surface area contributed by atoms with Crippen LogP contribution in [0.4, 0.5) is 0 Å². The maximum Gasteiger partial charge on any atom is 0.338 e. The normalized spacial score (nSPS) is 10.3. The smallest absolute Gasteiger partial charge is 0.338 e. The van der Waals surface area contributed by atoms with Gasteiger partial charge in [0.05, 0.1) is 12.7 Å². The van der Waals surface area contributed by atoms with Crippen molar-refractivity contribution in [1.29, 1.82) is 0 Å². The number of ether oxygens (including phenoxy) is 1. The first-order chi connectivity index (χ1) is 10.3. The van der Waals surface area contributed by atoms with Crippen molar-refractivity contribution in [3.63, 3.8) is 0 Å². The summed E-state index contributed by atoms with van der Waals surface area (Å²) in [4.78, 5) is 16.1. The molecule has 5 nitrogen and oxygen atoms in total. The molecule has 0 fully saturated rings. The summed E-state index contributed by atoms with van der Waals surface area (Å²) >= 11 is 0. The zero-order chi connectivity index (χ0) is 14.7. The fourth-order valence-electron chi connectivity index (χ4n) is 2.00. The molecule has 104 valence electrons. The molecule has 3 rings (SSSR count). The molecule has 21 heavy (non-hydrogen) atoms. The van der Waals surface area contributed by atoms with Crippen molar-refractivity contribution >= 4 is 5.97 Å². The third-order valence-corrected chi connectivity index (χ3v) is 3.02. The quantitative estimate of drug-likeness (QED) is 0.689. The summed E-state index contributed by atoms with van der Waals surface area (Å²) in [5.74, 6) is 0.330. The molecule has 0 unspecified atom stereocenters. The number of methoxy groups -OCH3 is 1. The van der Waals surface area contributed by atoms with Crippen LogP contribution >= 0.6 is 0 Å². The summed E-state index contributed by atoms with van der Waals surface area (Å²) in [5, 5.41) is 3.95. The van der Waals surface area contributed by atoms with Gasteiger partial charge < -0.3 is 9.26 Å². The Morgan fingerprint density at radius 3 is 2.52 bits per heavy atom. The summed E-state index contributed by atoms with van der Waals surface area (Å²) < 4.78 is 10.0. The number of carbonyl (C=O) groups excluding carboxylic acids is 1. The fraction of sp³-hybridized carbons (Fsp3) is 0.0625. The largest absolute Gasteiger partial charge is 0.465 e. The van der Waals surface area contributed by atoms with Crippen molar-refractivity contribution in [3.8, 4) is 22.8 Å². The van der Waals surface area contributed by atoms with Gasteiger partial charge in [-0.05, 0) is 18.2 Å². The number of hydrogen-bond acceptors (Lipinski definition) is 5. The van der Waals surface area contributed by atoms with Crippen LogP contribution < -0.4 is 0 Å². The summed E-state index contributed by atoms with van der Waals surface area (Å²) in [7, 11) is 1.34. The van der Waals surface area contributed by atoms with Crippen LogP contribution in [0.5, 0.6) is 0 Å². The zero-order valence-electron chi connectivity index (χ0n) is 11.3. The van der Waals surface area contributed by atoms with Crippen LogP contribution in [0.3, 0.4) is 0 Å². The molecule has 0 bridgehead atoms. The first kappa shape index (κ1) is 13.1. The van der Waals surface area contributed by atoms with Gasteiger partial charge in [0.25, 0.3) is 5.89 Å². The van der Waals surface area contributed by atoms with Crippen molar-refractivity contribution in [1.82, 2.24) is 10.1 Å². The standard InChI is InChI=1S/C16H12N2O3/c1-20-16(19)13-10-6-5-9-12(13)14-17-15(21-18-14)11-7-3-2-4-8-11/h2-10H,1H3. The molecule has 0 saturated heterocycles. The third-order valence-electron chi connectivity index (χ3n) is 3.02. The van der Waals surface area contributed by atoms with E-state index in [-0.39, 0.29) is 0 Å². The zero-order valence-corrected chi connectivity index (χ0v) is 11.3. The Labute approximate surface area is 121 Å². The lowest BCUT2D eigenvalue weighted by Gasteiger charge is -2.03. The van der Waals surface area contributed by atoms with Crippen LogP contribution in [0, 0.1) is 0 Å². The molecule has 0 saturated carbocycles. The van der Waals surface area contributed by atoms with Gasteiger partial charge in [-0.15, -0.1) is 0 Å². The molecular formula is C16H12N2O3. The minimum atomic E-state index is -0.434. The van der Waals surface area contributed by atoms with E-state index in [4.69, 9.17) is 9.26 Å². The second kappa shape index (κ2) is 5.58. The molecule has 2 aromatic carbocycles. The van der Waals surface area contributed by atoms with Gasteiger partial charge in [0.1, 0.15) is 0 Å². The maximum atomic E-state index is 11.8. The van der Waals surface area contributed by atoms with Crippen LogP contribution in [0.1, 0.15) is 10.4 Å². The molecule has 5 heteroatoms. The van der Waals surface area contributed by atoms with Gasteiger partial charge in [0, 0.05) is 11.1 Å². The van der Waals surface area contributed by atoms with E-state index in [1.54, 1.807) is 24.3 Å². The van der Waals surface area contributed by atoms with E-state index in [1.807, 2.05) is 30.3 Å². The number of nitrogens with zero attached hydrogens (tertiary/aromatic N) is 2. The van der Waals surface area contributed by atoms with Gasteiger partial charge in [-0.2, -0.15) is 4.98 Å². The summed E-state index contributed by atoms with van der Waals surface area (Å²) in [6, 6.07) is 16.4.